The molecule has 1 aliphatic carbocycles. The lowest BCUT2D eigenvalue weighted by atomic mass is 9.86. The molecule has 1 N–H and O–H groups in total. The first kappa shape index (κ1) is 16.8. The van der Waals surface area contributed by atoms with Gasteiger partial charge >= 0.3 is 12.1 Å². The number of nitriles is 1. The monoisotopic (exact) mass is 338 g/mol. The number of aliphatic carboxylic acids is 1. The van der Waals surface area contributed by atoms with E-state index in [1.807, 2.05) is 12.1 Å². The molecule has 128 valence electrons. The number of hydrogen-bond donors (Lipinski definition) is 1. The van der Waals surface area contributed by atoms with Crippen LogP contribution in [-0.2, 0) is 16.8 Å². The van der Waals surface area contributed by atoms with Gasteiger partial charge in [-0.25, -0.2) is 0 Å². The van der Waals surface area contributed by atoms with Gasteiger partial charge in [-0.1, -0.05) is 24.3 Å². The zero-order valence-corrected chi connectivity index (χ0v) is 12.9. The number of likely N-dealkylation sites (tertiary alicyclic amines) is 1. The number of carbonyl (C=O) groups is 1. The fraction of sp³-hybridized carbons (Fsp3) is 0.529. The number of alkyl halides is 3. The summed E-state index contributed by atoms with van der Waals surface area (Å²) in [5.41, 5.74) is -1.31. The Balaban J connectivity index is 1.70. The van der Waals surface area contributed by atoms with Gasteiger partial charge in [0.2, 0.25) is 0 Å². The molecule has 0 aromatic heterocycles. The van der Waals surface area contributed by atoms with Crippen molar-refractivity contribution in [2.75, 3.05) is 13.1 Å². The van der Waals surface area contributed by atoms with Crippen LogP contribution in [0, 0.1) is 16.7 Å². The van der Waals surface area contributed by atoms with Gasteiger partial charge in [-0.3, -0.25) is 9.69 Å². The van der Waals surface area contributed by atoms with Gasteiger partial charge in [0.05, 0.1) is 11.5 Å². The van der Waals surface area contributed by atoms with Crippen LogP contribution in [0.2, 0.25) is 0 Å². The standard InChI is InChI=1S/C17H17F3N2O2/c18-17(19,20)16(14(23)24)7-8-22(11-16)9-12-1-3-13(4-2-12)15(10-21)5-6-15/h1-4H,5-9,11H2,(H,23,24). The van der Waals surface area contributed by atoms with Crippen molar-refractivity contribution in [3.63, 3.8) is 0 Å². The molecule has 1 aromatic rings. The molecular formula is C17H17F3N2O2. The van der Waals surface area contributed by atoms with E-state index in [2.05, 4.69) is 6.07 Å². The molecular weight excluding hydrogens is 321 g/mol. The highest BCUT2D eigenvalue weighted by Gasteiger charge is 2.63. The largest absolute Gasteiger partial charge is 0.481 e. The van der Waals surface area contributed by atoms with Crippen molar-refractivity contribution in [2.24, 2.45) is 5.41 Å². The van der Waals surface area contributed by atoms with E-state index in [0.29, 0.717) is 0 Å². The van der Waals surface area contributed by atoms with Gasteiger partial charge in [-0.05, 0) is 30.4 Å². The molecule has 0 bridgehead atoms. The van der Waals surface area contributed by atoms with E-state index < -0.39 is 30.5 Å². The third-order valence-electron chi connectivity index (χ3n) is 5.18. The molecule has 7 heteroatoms. The lowest BCUT2D eigenvalue weighted by Gasteiger charge is -2.27. The van der Waals surface area contributed by atoms with E-state index in [9.17, 15) is 23.2 Å². The number of hydrogen-bond acceptors (Lipinski definition) is 3. The van der Waals surface area contributed by atoms with Crippen LogP contribution in [0.15, 0.2) is 24.3 Å². The zero-order valence-electron chi connectivity index (χ0n) is 12.9. The van der Waals surface area contributed by atoms with Gasteiger partial charge in [-0.2, -0.15) is 18.4 Å². The molecule has 1 aliphatic heterocycles. The first-order valence-electron chi connectivity index (χ1n) is 7.76. The maximum Gasteiger partial charge on any atom is 0.406 e. The Morgan fingerprint density at radius 2 is 1.88 bits per heavy atom. The van der Waals surface area contributed by atoms with Crippen LogP contribution in [0.3, 0.4) is 0 Å². The molecule has 1 saturated carbocycles. The predicted octanol–water partition coefficient (Wildman–Crippen LogP) is 3.08. The average Bonchev–Trinajstić information content (AvgIpc) is 3.20. The summed E-state index contributed by atoms with van der Waals surface area (Å²) in [7, 11) is 0. The van der Waals surface area contributed by atoms with Gasteiger partial charge in [0.25, 0.3) is 0 Å². The molecule has 2 fully saturated rings. The molecule has 1 atom stereocenters. The van der Waals surface area contributed by atoms with Crippen LogP contribution in [0.5, 0.6) is 0 Å². The molecule has 1 saturated heterocycles. The molecule has 0 amide bonds. The van der Waals surface area contributed by atoms with E-state index in [1.165, 1.54) is 4.90 Å². The number of benzene rings is 1. The third kappa shape index (κ3) is 2.65. The zero-order chi connectivity index (χ0) is 17.6. The summed E-state index contributed by atoms with van der Waals surface area (Å²) in [6, 6.07) is 9.60. The van der Waals surface area contributed by atoms with E-state index in [1.54, 1.807) is 12.1 Å². The van der Waals surface area contributed by atoms with Crippen molar-refractivity contribution < 1.29 is 23.1 Å². The summed E-state index contributed by atoms with van der Waals surface area (Å²) in [6.07, 6.45) is -3.52. The maximum absolute atomic E-state index is 13.2. The van der Waals surface area contributed by atoms with Crippen LogP contribution in [0.25, 0.3) is 0 Å². The van der Waals surface area contributed by atoms with Gasteiger partial charge in [0.15, 0.2) is 5.41 Å². The summed E-state index contributed by atoms with van der Waals surface area (Å²) in [4.78, 5) is 12.7. The fourth-order valence-corrected chi connectivity index (χ4v) is 3.33. The Morgan fingerprint density at radius 3 is 2.29 bits per heavy atom. The molecule has 0 spiro atoms. The Morgan fingerprint density at radius 1 is 1.25 bits per heavy atom. The Labute approximate surface area is 137 Å². The number of carboxylic acids is 1. The molecule has 24 heavy (non-hydrogen) atoms. The number of carboxylic acid groups (broad SMARTS) is 1. The van der Waals surface area contributed by atoms with E-state index >= 15 is 0 Å². The predicted molar refractivity (Wildman–Crippen MR) is 79.0 cm³/mol. The average molecular weight is 338 g/mol. The molecule has 1 unspecified atom stereocenters. The molecule has 3 rings (SSSR count). The van der Waals surface area contributed by atoms with Crippen molar-refractivity contribution in [3.05, 3.63) is 35.4 Å². The first-order chi connectivity index (χ1) is 11.2. The topological polar surface area (TPSA) is 64.3 Å². The van der Waals surface area contributed by atoms with E-state index in [4.69, 9.17) is 5.11 Å². The third-order valence-corrected chi connectivity index (χ3v) is 5.18. The van der Waals surface area contributed by atoms with Crippen molar-refractivity contribution in [1.29, 1.82) is 5.26 Å². The summed E-state index contributed by atoms with van der Waals surface area (Å²) in [6.45, 7) is -0.170. The lowest BCUT2D eigenvalue weighted by molar-refractivity contribution is -0.227. The number of halogens is 3. The number of rotatable bonds is 4. The highest BCUT2D eigenvalue weighted by atomic mass is 19.4. The van der Waals surface area contributed by atoms with Crippen molar-refractivity contribution in [3.8, 4) is 6.07 Å². The second-order valence-corrected chi connectivity index (χ2v) is 6.74. The SMILES string of the molecule is N#CC1(c2ccc(CN3CCC(C(=O)O)(C(F)(F)F)C3)cc2)CC1. The van der Waals surface area contributed by atoms with Crippen LogP contribution in [0.4, 0.5) is 13.2 Å². The molecule has 1 heterocycles. The van der Waals surface area contributed by atoms with Gasteiger partial charge in [0.1, 0.15) is 0 Å². The normalized spacial score (nSPS) is 26.1. The molecule has 0 radical (unpaired) electrons. The maximum atomic E-state index is 13.2. The Hall–Kier alpha value is -2.07. The fourth-order valence-electron chi connectivity index (χ4n) is 3.33. The summed E-state index contributed by atoms with van der Waals surface area (Å²) < 4.78 is 39.5. The van der Waals surface area contributed by atoms with E-state index in [-0.39, 0.29) is 18.5 Å². The van der Waals surface area contributed by atoms with Gasteiger partial charge in [-0.15, -0.1) is 0 Å². The minimum Gasteiger partial charge on any atom is -0.481 e. The summed E-state index contributed by atoms with van der Waals surface area (Å²) in [5, 5.41) is 18.2. The highest BCUT2D eigenvalue weighted by Crippen LogP contribution is 2.48. The van der Waals surface area contributed by atoms with E-state index in [0.717, 1.165) is 24.0 Å². The Kier molecular flexibility index (Phi) is 3.83. The van der Waals surface area contributed by atoms with Crippen LogP contribution < -0.4 is 0 Å². The minimum atomic E-state index is -4.76. The summed E-state index contributed by atoms with van der Waals surface area (Å²) >= 11 is 0. The lowest BCUT2D eigenvalue weighted by Crippen LogP contribution is -2.47. The van der Waals surface area contributed by atoms with Crippen molar-refractivity contribution >= 4 is 5.97 Å². The minimum absolute atomic E-state index is 0.0930. The number of nitrogens with zero attached hydrogens (tertiary/aromatic N) is 2. The van der Waals surface area contributed by atoms with Gasteiger partial charge in [0, 0.05) is 19.6 Å². The van der Waals surface area contributed by atoms with Gasteiger partial charge < -0.3 is 5.11 Å². The summed E-state index contributed by atoms with van der Waals surface area (Å²) in [5.74, 6) is -1.81. The molecule has 1 aromatic carbocycles. The second-order valence-electron chi connectivity index (χ2n) is 6.74. The van der Waals surface area contributed by atoms with Crippen molar-refractivity contribution in [1.82, 2.24) is 4.90 Å². The van der Waals surface area contributed by atoms with Crippen LogP contribution in [-0.4, -0.2) is 35.2 Å². The first-order valence-corrected chi connectivity index (χ1v) is 7.76. The quantitative estimate of drug-likeness (QED) is 0.916. The highest BCUT2D eigenvalue weighted by molar-refractivity contribution is 5.76. The van der Waals surface area contributed by atoms with Crippen LogP contribution >= 0.6 is 0 Å². The van der Waals surface area contributed by atoms with Crippen molar-refractivity contribution in [2.45, 2.75) is 37.4 Å². The Bertz CT molecular complexity index is 689. The molecule has 2 aliphatic rings. The smallest absolute Gasteiger partial charge is 0.406 e. The molecule has 4 nitrogen and oxygen atoms in total. The van der Waals surface area contributed by atoms with Crippen LogP contribution in [0.1, 0.15) is 30.4 Å². The second kappa shape index (κ2) is 5.49.